The highest BCUT2D eigenvalue weighted by Gasteiger charge is 2.39. The molecule has 18 heavy (non-hydrogen) atoms. The summed E-state index contributed by atoms with van der Waals surface area (Å²) in [6.45, 7) is 4.42. The van der Waals surface area contributed by atoms with Crippen molar-refractivity contribution in [2.45, 2.75) is 57.9 Å². The topological polar surface area (TPSA) is 46.2 Å². The average Bonchev–Trinajstić information content (AvgIpc) is 2.34. The zero-order chi connectivity index (χ0) is 13.2. The Hall–Kier alpha value is -1.02. The molecule has 2 heteroatoms. The molecule has 2 unspecified atom stereocenters. The van der Waals surface area contributed by atoms with Crippen molar-refractivity contribution in [1.82, 2.24) is 0 Å². The summed E-state index contributed by atoms with van der Waals surface area (Å²) < 4.78 is 0. The SMILES string of the molecule is CCCC1CCc2ccc(O)cc2C1(N)CCC. The number of fused-ring (bicyclic) bond motifs is 1. The van der Waals surface area contributed by atoms with Crippen molar-refractivity contribution in [3.63, 3.8) is 0 Å². The Kier molecular flexibility index (Phi) is 3.96. The van der Waals surface area contributed by atoms with Crippen LogP contribution in [0.3, 0.4) is 0 Å². The van der Waals surface area contributed by atoms with Gasteiger partial charge in [0.2, 0.25) is 0 Å². The molecule has 2 nitrogen and oxygen atoms in total. The predicted molar refractivity (Wildman–Crippen MR) is 75.6 cm³/mol. The van der Waals surface area contributed by atoms with Gasteiger partial charge in [0.05, 0.1) is 0 Å². The molecule has 0 fully saturated rings. The Balaban J connectivity index is 2.44. The van der Waals surface area contributed by atoms with Gasteiger partial charge in [-0.3, -0.25) is 0 Å². The Bertz CT molecular complexity index is 416. The van der Waals surface area contributed by atoms with E-state index in [9.17, 15) is 5.11 Å². The van der Waals surface area contributed by atoms with Gasteiger partial charge in [-0.05, 0) is 54.9 Å². The van der Waals surface area contributed by atoms with E-state index in [1.54, 1.807) is 6.07 Å². The molecule has 0 spiro atoms. The highest BCUT2D eigenvalue weighted by molar-refractivity contribution is 5.42. The molecule has 0 saturated carbocycles. The summed E-state index contributed by atoms with van der Waals surface area (Å²) in [6, 6.07) is 5.72. The van der Waals surface area contributed by atoms with Crippen LogP contribution in [0, 0.1) is 5.92 Å². The second kappa shape index (κ2) is 5.31. The molecule has 2 atom stereocenters. The van der Waals surface area contributed by atoms with Crippen LogP contribution in [0.4, 0.5) is 0 Å². The summed E-state index contributed by atoms with van der Waals surface area (Å²) >= 11 is 0. The first kappa shape index (κ1) is 13.4. The van der Waals surface area contributed by atoms with Crippen molar-refractivity contribution >= 4 is 0 Å². The molecule has 0 heterocycles. The first-order valence-corrected chi connectivity index (χ1v) is 7.23. The molecule has 1 aromatic rings. The number of rotatable bonds is 4. The standard InChI is InChI=1S/C16H25NO/c1-3-5-13-8-6-12-7-9-14(18)11-15(12)16(13,17)10-4-2/h7,9,11,13,18H,3-6,8,10,17H2,1-2H3. The van der Waals surface area contributed by atoms with Crippen LogP contribution < -0.4 is 5.73 Å². The molecule has 2 rings (SSSR count). The molecule has 1 aliphatic rings. The minimum atomic E-state index is -0.239. The minimum Gasteiger partial charge on any atom is -0.508 e. The summed E-state index contributed by atoms with van der Waals surface area (Å²) in [5.74, 6) is 0.897. The summed E-state index contributed by atoms with van der Waals surface area (Å²) in [5.41, 5.74) is 9.05. The van der Waals surface area contributed by atoms with E-state index >= 15 is 0 Å². The zero-order valence-corrected chi connectivity index (χ0v) is 11.6. The molecule has 0 aliphatic heterocycles. The van der Waals surface area contributed by atoms with Gasteiger partial charge in [-0.15, -0.1) is 0 Å². The van der Waals surface area contributed by atoms with Crippen LogP contribution in [-0.4, -0.2) is 5.11 Å². The van der Waals surface area contributed by atoms with Gasteiger partial charge in [-0.2, -0.15) is 0 Å². The summed E-state index contributed by atoms with van der Waals surface area (Å²) in [7, 11) is 0. The molecular weight excluding hydrogens is 222 g/mol. The van der Waals surface area contributed by atoms with Crippen LogP contribution in [0.1, 0.15) is 57.1 Å². The Labute approximate surface area is 110 Å². The molecular formula is C16H25NO. The number of phenols is 1. The Morgan fingerprint density at radius 2 is 2.11 bits per heavy atom. The molecule has 1 aliphatic carbocycles. The van der Waals surface area contributed by atoms with Crippen molar-refractivity contribution in [3.8, 4) is 5.75 Å². The molecule has 1 aromatic carbocycles. The van der Waals surface area contributed by atoms with Gasteiger partial charge in [-0.1, -0.05) is 32.8 Å². The molecule has 0 bridgehead atoms. The number of aryl methyl sites for hydroxylation is 1. The smallest absolute Gasteiger partial charge is 0.115 e. The molecule has 0 amide bonds. The van der Waals surface area contributed by atoms with Gasteiger partial charge in [0, 0.05) is 5.54 Å². The van der Waals surface area contributed by atoms with Gasteiger partial charge in [0.15, 0.2) is 0 Å². The van der Waals surface area contributed by atoms with Crippen LogP contribution in [0.15, 0.2) is 18.2 Å². The van der Waals surface area contributed by atoms with Crippen molar-refractivity contribution < 1.29 is 5.11 Å². The number of phenolic OH excluding ortho intramolecular Hbond substituents is 1. The molecule has 100 valence electrons. The maximum Gasteiger partial charge on any atom is 0.115 e. The number of benzene rings is 1. The van der Waals surface area contributed by atoms with Gasteiger partial charge in [-0.25, -0.2) is 0 Å². The number of hydrogen-bond donors (Lipinski definition) is 2. The lowest BCUT2D eigenvalue weighted by Crippen LogP contribution is -2.47. The van der Waals surface area contributed by atoms with E-state index in [0.29, 0.717) is 11.7 Å². The molecule has 0 radical (unpaired) electrons. The molecule has 0 aromatic heterocycles. The maximum atomic E-state index is 9.75. The second-order valence-electron chi connectivity index (χ2n) is 5.66. The lowest BCUT2D eigenvalue weighted by atomic mass is 9.66. The van der Waals surface area contributed by atoms with E-state index in [-0.39, 0.29) is 5.54 Å². The predicted octanol–water partition coefficient (Wildman–Crippen LogP) is 3.71. The van der Waals surface area contributed by atoms with E-state index in [4.69, 9.17) is 5.73 Å². The normalized spacial score (nSPS) is 26.9. The fourth-order valence-electron chi connectivity index (χ4n) is 3.53. The van der Waals surface area contributed by atoms with Crippen molar-refractivity contribution in [1.29, 1.82) is 0 Å². The fraction of sp³-hybridized carbons (Fsp3) is 0.625. The van der Waals surface area contributed by atoms with Crippen molar-refractivity contribution in [3.05, 3.63) is 29.3 Å². The fourth-order valence-corrected chi connectivity index (χ4v) is 3.53. The lowest BCUT2D eigenvalue weighted by Gasteiger charge is -2.43. The van der Waals surface area contributed by atoms with Gasteiger partial charge in [0.25, 0.3) is 0 Å². The van der Waals surface area contributed by atoms with Crippen LogP contribution in [-0.2, 0) is 12.0 Å². The first-order valence-electron chi connectivity index (χ1n) is 7.23. The third kappa shape index (κ3) is 2.26. The monoisotopic (exact) mass is 247 g/mol. The van der Waals surface area contributed by atoms with Gasteiger partial charge in [0.1, 0.15) is 5.75 Å². The lowest BCUT2D eigenvalue weighted by molar-refractivity contribution is 0.206. The Morgan fingerprint density at radius 1 is 1.33 bits per heavy atom. The Morgan fingerprint density at radius 3 is 2.78 bits per heavy atom. The van der Waals surface area contributed by atoms with Gasteiger partial charge >= 0.3 is 0 Å². The van der Waals surface area contributed by atoms with Crippen LogP contribution in [0.2, 0.25) is 0 Å². The highest BCUT2D eigenvalue weighted by Crippen LogP contribution is 2.44. The third-order valence-electron chi connectivity index (χ3n) is 4.39. The first-order chi connectivity index (χ1) is 8.61. The van der Waals surface area contributed by atoms with E-state index in [0.717, 1.165) is 19.3 Å². The summed E-state index contributed by atoms with van der Waals surface area (Å²) in [6.07, 6.45) is 6.75. The summed E-state index contributed by atoms with van der Waals surface area (Å²) in [4.78, 5) is 0. The number of hydrogen-bond acceptors (Lipinski definition) is 2. The number of nitrogens with two attached hydrogens (primary N) is 1. The third-order valence-corrected chi connectivity index (χ3v) is 4.39. The van der Waals surface area contributed by atoms with Crippen molar-refractivity contribution in [2.75, 3.05) is 0 Å². The second-order valence-corrected chi connectivity index (χ2v) is 5.66. The van der Waals surface area contributed by atoms with Gasteiger partial charge < -0.3 is 10.8 Å². The summed E-state index contributed by atoms with van der Waals surface area (Å²) in [5, 5.41) is 9.75. The quantitative estimate of drug-likeness (QED) is 0.852. The molecule has 0 saturated heterocycles. The number of aromatic hydroxyl groups is 1. The largest absolute Gasteiger partial charge is 0.508 e. The van der Waals surface area contributed by atoms with E-state index in [1.807, 2.05) is 12.1 Å². The minimum absolute atomic E-state index is 0.239. The van der Waals surface area contributed by atoms with E-state index in [1.165, 1.54) is 30.4 Å². The van der Waals surface area contributed by atoms with Crippen LogP contribution in [0.25, 0.3) is 0 Å². The van der Waals surface area contributed by atoms with Crippen molar-refractivity contribution in [2.24, 2.45) is 11.7 Å². The van der Waals surface area contributed by atoms with E-state index < -0.39 is 0 Å². The highest BCUT2D eigenvalue weighted by atomic mass is 16.3. The zero-order valence-electron chi connectivity index (χ0n) is 11.6. The van der Waals surface area contributed by atoms with Crippen LogP contribution in [0.5, 0.6) is 5.75 Å². The molecule has 3 N–H and O–H groups in total. The average molecular weight is 247 g/mol. The van der Waals surface area contributed by atoms with Crippen LogP contribution >= 0.6 is 0 Å². The van der Waals surface area contributed by atoms with E-state index in [2.05, 4.69) is 13.8 Å². The maximum absolute atomic E-state index is 9.75.